The van der Waals surface area contributed by atoms with Crippen LogP contribution in [0.15, 0.2) is 48.8 Å². The Bertz CT molecular complexity index is 979. The van der Waals surface area contributed by atoms with Gasteiger partial charge in [0.1, 0.15) is 5.82 Å². The predicted molar refractivity (Wildman–Crippen MR) is 103 cm³/mol. The summed E-state index contributed by atoms with van der Waals surface area (Å²) in [7, 11) is 1.59. The highest BCUT2D eigenvalue weighted by Gasteiger charge is 2.20. The van der Waals surface area contributed by atoms with E-state index in [4.69, 9.17) is 9.72 Å². The summed E-state index contributed by atoms with van der Waals surface area (Å²) in [5, 5.41) is 9.37. The van der Waals surface area contributed by atoms with Gasteiger partial charge in [0.2, 0.25) is 5.88 Å². The molecule has 0 amide bonds. The molecule has 1 unspecified atom stereocenters. The Morgan fingerprint density at radius 1 is 1.15 bits per heavy atom. The third kappa shape index (κ3) is 3.86. The smallest absolute Gasteiger partial charge is 0.212 e. The summed E-state index contributed by atoms with van der Waals surface area (Å²) in [5.41, 5.74) is 3.84. The number of hydrogen-bond donors (Lipinski definition) is 1. The first-order valence-corrected chi connectivity index (χ1v) is 9.04. The van der Waals surface area contributed by atoms with Crippen LogP contribution < -0.4 is 4.74 Å². The van der Waals surface area contributed by atoms with Gasteiger partial charge in [-0.2, -0.15) is 0 Å². The second-order valence-electron chi connectivity index (χ2n) is 6.70. The van der Waals surface area contributed by atoms with Gasteiger partial charge in [0.15, 0.2) is 0 Å². The number of benzene rings is 1. The van der Waals surface area contributed by atoms with E-state index in [1.54, 1.807) is 19.4 Å². The molecule has 0 saturated heterocycles. The third-order valence-corrected chi connectivity index (χ3v) is 4.83. The van der Waals surface area contributed by atoms with Gasteiger partial charge < -0.3 is 14.4 Å². The second-order valence-corrected chi connectivity index (χ2v) is 6.70. The Labute approximate surface area is 158 Å². The lowest BCUT2D eigenvalue weighted by atomic mass is 10.0. The molecular formula is C22H21N3O2. The summed E-state index contributed by atoms with van der Waals surface area (Å²) in [4.78, 5) is 8.91. The number of rotatable bonds is 3. The highest BCUT2D eigenvalue weighted by molar-refractivity contribution is 5.60. The Morgan fingerprint density at radius 2 is 1.93 bits per heavy atom. The van der Waals surface area contributed by atoms with Crippen LogP contribution in [0, 0.1) is 17.8 Å². The number of nitrogens with zero attached hydrogens (tertiary/aromatic N) is 3. The van der Waals surface area contributed by atoms with Gasteiger partial charge in [0.05, 0.1) is 12.8 Å². The number of aliphatic hydroxyl groups is 1. The molecule has 3 aromatic rings. The van der Waals surface area contributed by atoms with E-state index in [2.05, 4.69) is 27.6 Å². The summed E-state index contributed by atoms with van der Waals surface area (Å²) in [5.74, 6) is 8.29. The molecule has 27 heavy (non-hydrogen) atoms. The number of methoxy groups -OCH3 is 1. The average molecular weight is 359 g/mol. The normalized spacial score (nSPS) is 15.6. The molecule has 1 aliphatic heterocycles. The highest BCUT2D eigenvalue weighted by atomic mass is 16.5. The molecule has 136 valence electrons. The second kappa shape index (κ2) is 7.65. The number of hydrogen-bond acceptors (Lipinski definition) is 4. The van der Waals surface area contributed by atoms with Crippen LogP contribution in [0.25, 0.3) is 11.3 Å². The first-order valence-electron chi connectivity index (χ1n) is 9.04. The van der Waals surface area contributed by atoms with Crippen LogP contribution in [-0.2, 0) is 13.0 Å². The van der Waals surface area contributed by atoms with E-state index in [1.165, 1.54) is 0 Å². The molecule has 0 aliphatic carbocycles. The minimum Gasteiger partial charge on any atom is -0.481 e. The zero-order chi connectivity index (χ0) is 18.6. The van der Waals surface area contributed by atoms with Crippen molar-refractivity contribution in [3.05, 3.63) is 65.7 Å². The molecule has 0 radical (unpaired) electrons. The number of imidazole rings is 1. The standard InChI is InChI=1S/C22H21N3O2/c1-27-22-11-7-17(12-23-22)3-2-16-4-8-19(9-5-16)20-14-25-13-18(15-26)6-10-21(25)24-20/h4-5,7-9,11-12,14,18,26H,6,10,13,15H2,1H3. The fourth-order valence-electron chi connectivity index (χ4n) is 3.25. The van der Waals surface area contributed by atoms with Crippen molar-refractivity contribution in [3.63, 3.8) is 0 Å². The maximum absolute atomic E-state index is 9.37. The van der Waals surface area contributed by atoms with E-state index in [1.807, 2.05) is 30.3 Å². The summed E-state index contributed by atoms with van der Waals surface area (Å²) in [6.45, 7) is 1.09. The quantitative estimate of drug-likeness (QED) is 0.731. The summed E-state index contributed by atoms with van der Waals surface area (Å²) in [6.07, 6.45) is 5.71. The molecule has 0 saturated carbocycles. The van der Waals surface area contributed by atoms with Crippen LogP contribution >= 0.6 is 0 Å². The predicted octanol–water partition coefficient (Wildman–Crippen LogP) is 2.91. The number of aromatic nitrogens is 3. The maximum Gasteiger partial charge on any atom is 0.212 e. The molecule has 5 heteroatoms. The van der Waals surface area contributed by atoms with Gasteiger partial charge in [-0.25, -0.2) is 9.97 Å². The van der Waals surface area contributed by atoms with Crippen LogP contribution in [0.4, 0.5) is 0 Å². The number of ether oxygens (including phenoxy) is 1. The Hall–Kier alpha value is -3.10. The Kier molecular flexibility index (Phi) is 4.91. The van der Waals surface area contributed by atoms with Gasteiger partial charge in [-0.05, 0) is 24.6 Å². The van der Waals surface area contributed by atoms with Crippen LogP contribution in [0.3, 0.4) is 0 Å². The monoisotopic (exact) mass is 359 g/mol. The molecule has 5 nitrogen and oxygen atoms in total. The first-order chi connectivity index (χ1) is 13.2. The van der Waals surface area contributed by atoms with E-state index in [9.17, 15) is 5.11 Å². The van der Waals surface area contributed by atoms with E-state index in [0.29, 0.717) is 11.8 Å². The zero-order valence-corrected chi connectivity index (χ0v) is 15.2. The maximum atomic E-state index is 9.37. The molecule has 1 N–H and O–H groups in total. The van der Waals surface area contributed by atoms with Crippen molar-refractivity contribution in [1.82, 2.24) is 14.5 Å². The number of aliphatic hydroxyl groups excluding tert-OH is 1. The lowest BCUT2D eigenvalue weighted by molar-refractivity contribution is 0.190. The van der Waals surface area contributed by atoms with Crippen molar-refractivity contribution >= 4 is 0 Å². The van der Waals surface area contributed by atoms with Gasteiger partial charge in [0, 0.05) is 60.6 Å². The minimum atomic E-state index is 0.240. The van der Waals surface area contributed by atoms with E-state index >= 15 is 0 Å². The lowest BCUT2D eigenvalue weighted by Crippen LogP contribution is -2.22. The molecule has 4 rings (SSSR count). The topological polar surface area (TPSA) is 60.2 Å². The van der Waals surface area contributed by atoms with Crippen LogP contribution in [0.5, 0.6) is 5.88 Å². The largest absolute Gasteiger partial charge is 0.481 e. The number of pyridine rings is 1. The SMILES string of the molecule is COc1ccc(C#Cc2ccc(-c3cn4c(n3)CCC(CO)C4)cc2)cn1. The highest BCUT2D eigenvalue weighted by Crippen LogP contribution is 2.25. The fourth-order valence-corrected chi connectivity index (χ4v) is 3.25. The molecule has 0 spiro atoms. The van der Waals surface area contributed by atoms with Crippen molar-refractivity contribution in [2.75, 3.05) is 13.7 Å². The van der Waals surface area contributed by atoms with E-state index in [0.717, 1.165) is 47.6 Å². The molecule has 3 heterocycles. The molecule has 1 aliphatic rings. The minimum absolute atomic E-state index is 0.240. The van der Waals surface area contributed by atoms with Gasteiger partial charge in [-0.3, -0.25) is 0 Å². The Morgan fingerprint density at radius 3 is 2.63 bits per heavy atom. The van der Waals surface area contributed by atoms with E-state index in [-0.39, 0.29) is 6.61 Å². The van der Waals surface area contributed by atoms with Gasteiger partial charge in [0.25, 0.3) is 0 Å². The lowest BCUT2D eigenvalue weighted by Gasteiger charge is -2.21. The molecule has 1 aromatic carbocycles. The number of fused-ring (bicyclic) bond motifs is 1. The van der Waals surface area contributed by atoms with Gasteiger partial charge >= 0.3 is 0 Å². The molecular weight excluding hydrogens is 338 g/mol. The Balaban J connectivity index is 1.50. The van der Waals surface area contributed by atoms with Crippen LogP contribution in [0.2, 0.25) is 0 Å². The average Bonchev–Trinajstić information content (AvgIpc) is 3.16. The third-order valence-electron chi connectivity index (χ3n) is 4.83. The first kappa shape index (κ1) is 17.3. The molecule has 0 fully saturated rings. The fraction of sp³-hybridized carbons (Fsp3) is 0.273. The number of aryl methyl sites for hydroxylation is 1. The van der Waals surface area contributed by atoms with Crippen molar-refractivity contribution < 1.29 is 9.84 Å². The van der Waals surface area contributed by atoms with Crippen LogP contribution in [-0.4, -0.2) is 33.4 Å². The molecule has 1 atom stereocenters. The van der Waals surface area contributed by atoms with Gasteiger partial charge in [-0.1, -0.05) is 24.0 Å². The van der Waals surface area contributed by atoms with Crippen molar-refractivity contribution in [3.8, 4) is 29.0 Å². The van der Waals surface area contributed by atoms with Crippen LogP contribution in [0.1, 0.15) is 23.4 Å². The molecule has 0 bridgehead atoms. The summed E-state index contributed by atoms with van der Waals surface area (Å²) < 4.78 is 7.22. The summed E-state index contributed by atoms with van der Waals surface area (Å²) >= 11 is 0. The van der Waals surface area contributed by atoms with Crippen molar-refractivity contribution in [1.29, 1.82) is 0 Å². The van der Waals surface area contributed by atoms with Crippen molar-refractivity contribution in [2.45, 2.75) is 19.4 Å². The van der Waals surface area contributed by atoms with E-state index < -0.39 is 0 Å². The van der Waals surface area contributed by atoms with Gasteiger partial charge in [-0.15, -0.1) is 0 Å². The molecule has 2 aromatic heterocycles. The summed E-state index contributed by atoms with van der Waals surface area (Å²) in [6, 6.07) is 11.8. The zero-order valence-electron chi connectivity index (χ0n) is 15.2. The van der Waals surface area contributed by atoms with Crippen molar-refractivity contribution in [2.24, 2.45) is 5.92 Å².